The SMILES string of the molecule is COc1ccc(Cl)cc1NC(=O)[C@H]1CC(=O)N(Cc2ccccc2)C1. The average Bonchev–Trinajstić information content (AvgIpc) is 2.97. The van der Waals surface area contributed by atoms with Crippen LogP contribution in [-0.2, 0) is 16.1 Å². The van der Waals surface area contributed by atoms with Crippen molar-refractivity contribution in [2.75, 3.05) is 19.0 Å². The van der Waals surface area contributed by atoms with E-state index in [4.69, 9.17) is 16.3 Å². The lowest BCUT2D eigenvalue weighted by Gasteiger charge is -2.17. The second kappa shape index (κ2) is 7.57. The molecule has 2 aromatic carbocycles. The Balaban J connectivity index is 1.66. The normalized spacial score (nSPS) is 16.8. The van der Waals surface area contributed by atoms with Crippen LogP contribution in [-0.4, -0.2) is 30.4 Å². The molecule has 1 saturated heterocycles. The van der Waals surface area contributed by atoms with Crippen LogP contribution < -0.4 is 10.1 Å². The van der Waals surface area contributed by atoms with E-state index in [1.807, 2.05) is 30.3 Å². The standard InChI is InChI=1S/C19H19ClN2O3/c1-25-17-8-7-15(20)10-16(17)21-19(24)14-9-18(23)22(12-14)11-13-5-3-2-4-6-13/h2-8,10,14H,9,11-12H2,1H3,(H,21,24)/t14-/m0/s1. The number of halogens is 1. The largest absolute Gasteiger partial charge is 0.495 e. The Morgan fingerprint density at radius 3 is 2.76 bits per heavy atom. The molecule has 0 unspecified atom stereocenters. The van der Waals surface area contributed by atoms with Gasteiger partial charge in [0.1, 0.15) is 5.75 Å². The van der Waals surface area contributed by atoms with Crippen molar-refractivity contribution in [3.63, 3.8) is 0 Å². The Kier molecular flexibility index (Phi) is 5.24. The van der Waals surface area contributed by atoms with Gasteiger partial charge in [0.05, 0.1) is 18.7 Å². The third-order valence-corrected chi connectivity index (χ3v) is 4.46. The number of carbonyl (C=O) groups is 2. The maximum Gasteiger partial charge on any atom is 0.229 e. The number of hydrogen-bond donors (Lipinski definition) is 1. The molecule has 1 heterocycles. The van der Waals surface area contributed by atoms with Gasteiger partial charge in [-0.2, -0.15) is 0 Å². The second-order valence-electron chi connectivity index (χ2n) is 5.99. The molecule has 1 aliphatic heterocycles. The lowest BCUT2D eigenvalue weighted by Crippen LogP contribution is -2.28. The van der Waals surface area contributed by atoms with E-state index in [0.29, 0.717) is 29.5 Å². The number of benzene rings is 2. The Morgan fingerprint density at radius 2 is 2.04 bits per heavy atom. The van der Waals surface area contributed by atoms with Gasteiger partial charge in [0.2, 0.25) is 11.8 Å². The van der Waals surface area contributed by atoms with Crippen LogP contribution in [0.1, 0.15) is 12.0 Å². The van der Waals surface area contributed by atoms with E-state index in [0.717, 1.165) is 5.56 Å². The van der Waals surface area contributed by atoms with E-state index < -0.39 is 0 Å². The molecular formula is C19H19ClN2O3. The van der Waals surface area contributed by atoms with Crippen molar-refractivity contribution in [1.82, 2.24) is 4.90 Å². The predicted molar refractivity (Wildman–Crippen MR) is 96.6 cm³/mol. The Labute approximate surface area is 151 Å². The predicted octanol–water partition coefficient (Wildman–Crippen LogP) is 3.34. The molecule has 0 bridgehead atoms. The monoisotopic (exact) mass is 358 g/mol. The van der Waals surface area contributed by atoms with Crippen LogP contribution in [0.4, 0.5) is 5.69 Å². The van der Waals surface area contributed by atoms with Crippen LogP contribution in [0, 0.1) is 5.92 Å². The number of hydrogen-bond acceptors (Lipinski definition) is 3. The van der Waals surface area contributed by atoms with E-state index in [9.17, 15) is 9.59 Å². The highest BCUT2D eigenvalue weighted by Crippen LogP contribution is 2.29. The number of amides is 2. The summed E-state index contributed by atoms with van der Waals surface area (Å²) in [5, 5.41) is 3.33. The van der Waals surface area contributed by atoms with Gasteiger partial charge in [0.25, 0.3) is 0 Å². The van der Waals surface area contributed by atoms with Crippen molar-refractivity contribution in [3.8, 4) is 5.75 Å². The molecule has 1 aliphatic rings. The zero-order valence-corrected chi connectivity index (χ0v) is 14.6. The first-order valence-electron chi connectivity index (χ1n) is 8.03. The molecule has 25 heavy (non-hydrogen) atoms. The fraction of sp³-hybridized carbons (Fsp3) is 0.263. The highest BCUT2D eigenvalue weighted by Gasteiger charge is 2.34. The highest BCUT2D eigenvalue weighted by atomic mass is 35.5. The number of anilines is 1. The van der Waals surface area contributed by atoms with Crippen molar-refractivity contribution < 1.29 is 14.3 Å². The summed E-state index contributed by atoms with van der Waals surface area (Å²) in [6, 6.07) is 14.8. The van der Waals surface area contributed by atoms with Gasteiger partial charge >= 0.3 is 0 Å². The molecule has 0 aromatic heterocycles. The Hall–Kier alpha value is -2.53. The maximum absolute atomic E-state index is 12.5. The molecule has 5 nitrogen and oxygen atoms in total. The van der Waals surface area contributed by atoms with Crippen molar-refractivity contribution in [2.24, 2.45) is 5.92 Å². The van der Waals surface area contributed by atoms with Crippen LogP contribution in [0.2, 0.25) is 5.02 Å². The van der Waals surface area contributed by atoms with Crippen LogP contribution >= 0.6 is 11.6 Å². The summed E-state index contributed by atoms with van der Waals surface area (Å²) < 4.78 is 5.23. The first kappa shape index (κ1) is 17.3. The summed E-state index contributed by atoms with van der Waals surface area (Å²) in [5.74, 6) is -0.0744. The highest BCUT2D eigenvalue weighted by molar-refractivity contribution is 6.31. The number of rotatable bonds is 5. The third-order valence-electron chi connectivity index (χ3n) is 4.22. The molecule has 1 atom stereocenters. The summed E-state index contributed by atoms with van der Waals surface area (Å²) in [7, 11) is 1.53. The molecule has 6 heteroatoms. The Morgan fingerprint density at radius 1 is 1.28 bits per heavy atom. The summed E-state index contributed by atoms with van der Waals surface area (Å²) in [6.07, 6.45) is 0.210. The minimum Gasteiger partial charge on any atom is -0.495 e. The number of nitrogens with one attached hydrogen (secondary N) is 1. The summed E-state index contributed by atoms with van der Waals surface area (Å²) in [4.78, 5) is 26.5. The molecule has 130 valence electrons. The fourth-order valence-electron chi connectivity index (χ4n) is 2.92. The Bertz CT molecular complexity index is 779. The lowest BCUT2D eigenvalue weighted by atomic mass is 10.1. The van der Waals surface area contributed by atoms with E-state index in [1.165, 1.54) is 7.11 Å². The number of likely N-dealkylation sites (tertiary alicyclic amines) is 1. The van der Waals surface area contributed by atoms with Crippen molar-refractivity contribution in [1.29, 1.82) is 0 Å². The molecule has 0 spiro atoms. The van der Waals surface area contributed by atoms with Crippen molar-refractivity contribution in [3.05, 3.63) is 59.1 Å². The second-order valence-corrected chi connectivity index (χ2v) is 6.43. The number of methoxy groups -OCH3 is 1. The van der Waals surface area contributed by atoms with Gasteiger partial charge in [0, 0.05) is 24.5 Å². The smallest absolute Gasteiger partial charge is 0.229 e. The van der Waals surface area contributed by atoms with Crippen molar-refractivity contribution in [2.45, 2.75) is 13.0 Å². The molecule has 0 saturated carbocycles. The van der Waals surface area contributed by atoms with Crippen molar-refractivity contribution >= 4 is 29.1 Å². The first-order chi connectivity index (χ1) is 12.1. The number of ether oxygens (including phenoxy) is 1. The molecular weight excluding hydrogens is 340 g/mol. The quantitative estimate of drug-likeness (QED) is 0.891. The molecule has 0 radical (unpaired) electrons. The topological polar surface area (TPSA) is 58.6 Å². The van der Waals surface area contributed by atoms with Crippen LogP contribution in [0.3, 0.4) is 0 Å². The van der Waals surface area contributed by atoms with Gasteiger partial charge in [-0.3, -0.25) is 9.59 Å². The minimum absolute atomic E-state index is 0.0120. The zero-order chi connectivity index (χ0) is 17.8. The molecule has 2 aromatic rings. The van der Waals surface area contributed by atoms with E-state index in [1.54, 1.807) is 23.1 Å². The van der Waals surface area contributed by atoms with E-state index in [2.05, 4.69) is 5.32 Å². The average molecular weight is 359 g/mol. The fourth-order valence-corrected chi connectivity index (χ4v) is 3.09. The van der Waals surface area contributed by atoms with Gasteiger partial charge < -0.3 is 15.0 Å². The number of carbonyl (C=O) groups excluding carboxylic acids is 2. The van der Waals surface area contributed by atoms with Crippen LogP contribution in [0.25, 0.3) is 0 Å². The summed E-state index contributed by atoms with van der Waals surface area (Å²) in [5.41, 5.74) is 1.56. The van der Waals surface area contributed by atoms with Gasteiger partial charge in [-0.05, 0) is 23.8 Å². The molecule has 0 aliphatic carbocycles. The molecule has 3 rings (SSSR count). The van der Waals surface area contributed by atoms with Crippen LogP contribution in [0.15, 0.2) is 48.5 Å². The molecule has 1 fully saturated rings. The molecule has 2 amide bonds. The third kappa shape index (κ3) is 4.12. The number of nitrogens with zero attached hydrogens (tertiary/aromatic N) is 1. The van der Waals surface area contributed by atoms with Gasteiger partial charge in [-0.15, -0.1) is 0 Å². The zero-order valence-electron chi connectivity index (χ0n) is 13.9. The first-order valence-corrected chi connectivity index (χ1v) is 8.40. The van der Waals surface area contributed by atoms with E-state index >= 15 is 0 Å². The summed E-state index contributed by atoms with van der Waals surface area (Å²) >= 11 is 5.98. The minimum atomic E-state index is -0.389. The molecule has 1 N–H and O–H groups in total. The van der Waals surface area contributed by atoms with Gasteiger partial charge in [0.15, 0.2) is 0 Å². The van der Waals surface area contributed by atoms with Crippen LogP contribution in [0.5, 0.6) is 5.75 Å². The van der Waals surface area contributed by atoms with E-state index in [-0.39, 0.29) is 24.2 Å². The summed E-state index contributed by atoms with van der Waals surface area (Å²) in [6.45, 7) is 0.923. The van der Waals surface area contributed by atoms with Gasteiger partial charge in [-0.25, -0.2) is 0 Å². The maximum atomic E-state index is 12.5. The lowest BCUT2D eigenvalue weighted by molar-refractivity contribution is -0.128. The van der Waals surface area contributed by atoms with Gasteiger partial charge in [-0.1, -0.05) is 41.9 Å².